The van der Waals surface area contributed by atoms with Crippen molar-refractivity contribution in [2.75, 3.05) is 22.9 Å². The van der Waals surface area contributed by atoms with Crippen molar-refractivity contribution in [3.05, 3.63) is 75.5 Å². The maximum Gasteiger partial charge on any atom is 0.263 e. The summed E-state index contributed by atoms with van der Waals surface area (Å²) in [6.45, 7) is 1.32. The van der Waals surface area contributed by atoms with E-state index in [2.05, 4.69) is 9.88 Å². The first-order valence-electron chi connectivity index (χ1n) is 9.96. The number of hydrogen-bond acceptors (Lipinski definition) is 4. The standard InChI is InChI=1S/C23H18Cl3N3O2/c24-14-2-6-19-20(11-14)28(16-3-4-16)9-10-29(19)23(30)17-13-27-8-7-21(17)31-22-12-15(25)1-5-18(22)26/h1-2,5-8,11-13,16H,3-4,9-10H2. The number of amides is 1. The Labute approximate surface area is 195 Å². The molecule has 0 saturated heterocycles. The second-order valence-corrected chi connectivity index (χ2v) is 8.84. The fraction of sp³-hybridized carbons (Fsp3) is 0.217. The number of carbonyl (C=O) groups is 1. The largest absolute Gasteiger partial charge is 0.455 e. The lowest BCUT2D eigenvalue weighted by molar-refractivity contribution is 0.0984. The van der Waals surface area contributed by atoms with E-state index in [1.54, 1.807) is 35.4 Å². The quantitative estimate of drug-likeness (QED) is 0.435. The molecule has 1 aliphatic heterocycles. The molecule has 0 unspecified atom stereocenters. The Morgan fingerprint density at radius 3 is 2.52 bits per heavy atom. The minimum atomic E-state index is -0.194. The molecule has 0 atom stereocenters. The maximum atomic E-state index is 13.6. The van der Waals surface area contributed by atoms with E-state index < -0.39 is 0 Å². The third kappa shape index (κ3) is 4.05. The SMILES string of the molecule is O=C(c1cnccc1Oc1cc(Cl)ccc1Cl)N1CCN(C2CC2)c2cc(Cl)ccc21. The minimum Gasteiger partial charge on any atom is -0.455 e. The van der Waals surface area contributed by atoms with Crippen LogP contribution in [0, 0.1) is 0 Å². The van der Waals surface area contributed by atoms with Crippen LogP contribution in [0.15, 0.2) is 54.9 Å². The number of rotatable bonds is 4. The van der Waals surface area contributed by atoms with Gasteiger partial charge in [0.1, 0.15) is 17.1 Å². The molecule has 5 nitrogen and oxygen atoms in total. The second kappa shape index (κ2) is 8.23. The number of pyridine rings is 1. The van der Waals surface area contributed by atoms with Gasteiger partial charge in [-0.3, -0.25) is 9.78 Å². The van der Waals surface area contributed by atoms with E-state index in [9.17, 15) is 4.79 Å². The summed E-state index contributed by atoms with van der Waals surface area (Å²) in [4.78, 5) is 21.8. The molecule has 1 aliphatic carbocycles. The van der Waals surface area contributed by atoms with Crippen LogP contribution < -0.4 is 14.5 Å². The van der Waals surface area contributed by atoms with Gasteiger partial charge in [0.2, 0.25) is 0 Å². The molecule has 2 heterocycles. The third-order valence-electron chi connectivity index (χ3n) is 5.46. The number of anilines is 2. The number of ether oxygens (including phenoxy) is 1. The van der Waals surface area contributed by atoms with Crippen molar-refractivity contribution in [2.24, 2.45) is 0 Å². The lowest BCUT2D eigenvalue weighted by Gasteiger charge is -2.38. The van der Waals surface area contributed by atoms with Gasteiger partial charge >= 0.3 is 0 Å². The highest BCUT2D eigenvalue weighted by Crippen LogP contribution is 2.42. The summed E-state index contributed by atoms with van der Waals surface area (Å²) in [7, 11) is 0. The smallest absolute Gasteiger partial charge is 0.263 e. The fourth-order valence-corrected chi connectivity index (χ4v) is 4.32. The number of nitrogens with zero attached hydrogens (tertiary/aromatic N) is 3. The van der Waals surface area contributed by atoms with Gasteiger partial charge in [0.25, 0.3) is 5.91 Å². The summed E-state index contributed by atoms with van der Waals surface area (Å²) in [6.07, 6.45) is 5.42. The Kier molecular flexibility index (Phi) is 5.42. The van der Waals surface area contributed by atoms with Gasteiger partial charge in [-0.15, -0.1) is 0 Å². The van der Waals surface area contributed by atoms with Crippen LogP contribution in [-0.2, 0) is 0 Å². The van der Waals surface area contributed by atoms with Crippen molar-refractivity contribution in [1.82, 2.24) is 4.98 Å². The molecule has 31 heavy (non-hydrogen) atoms. The molecule has 0 bridgehead atoms. The molecule has 5 rings (SSSR count). The lowest BCUT2D eigenvalue weighted by Crippen LogP contribution is -2.45. The van der Waals surface area contributed by atoms with E-state index in [1.165, 1.54) is 19.0 Å². The van der Waals surface area contributed by atoms with Crippen molar-refractivity contribution < 1.29 is 9.53 Å². The van der Waals surface area contributed by atoms with E-state index >= 15 is 0 Å². The number of carbonyl (C=O) groups excluding carboxylic acids is 1. The van der Waals surface area contributed by atoms with Crippen LogP contribution in [0.4, 0.5) is 11.4 Å². The highest BCUT2D eigenvalue weighted by Gasteiger charge is 2.36. The molecule has 0 N–H and O–H groups in total. The fourth-order valence-electron chi connectivity index (χ4n) is 3.83. The third-order valence-corrected chi connectivity index (χ3v) is 6.24. The van der Waals surface area contributed by atoms with Crippen LogP contribution >= 0.6 is 34.8 Å². The van der Waals surface area contributed by atoms with E-state index in [1.807, 2.05) is 18.2 Å². The summed E-state index contributed by atoms with van der Waals surface area (Å²) >= 11 is 18.6. The van der Waals surface area contributed by atoms with Crippen molar-refractivity contribution in [2.45, 2.75) is 18.9 Å². The number of halogens is 3. The molecule has 2 aliphatic rings. The van der Waals surface area contributed by atoms with Crippen LogP contribution in [0.5, 0.6) is 11.5 Å². The van der Waals surface area contributed by atoms with E-state index in [0.29, 0.717) is 44.7 Å². The molecule has 1 saturated carbocycles. The van der Waals surface area contributed by atoms with Crippen molar-refractivity contribution in [3.63, 3.8) is 0 Å². The topological polar surface area (TPSA) is 45.7 Å². The highest BCUT2D eigenvalue weighted by atomic mass is 35.5. The molecule has 1 amide bonds. The summed E-state index contributed by atoms with van der Waals surface area (Å²) in [5.41, 5.74) is 2.17. The summed E-state index contributed by atoms with van der Waals surface area (Å²) in [5, 5.41) is 1.54. The molecule has 0 radical (unpaired) electrons. The van der Waals surface area contributed by atoms with Gasteiger partial charge in [0.05, 0.1) is 16.4 Å². The second-order valence-electron chi connectivity index (χ2n) is 7.56. The monoisotopic (exact) mass is 473 g/mol. The zero-order valence-electron chi connectivity index (χ0n) is 16.4. The predicted octanol–water partition coefficient (Wildman–Crippen LogP) is 6.46. The van der Waals surface area contributed by atoms with Gasteiger partial charge in [-0.25, -0.2) is 0 Å². The molecule has 3 aromatic rings. The Bertz CT molecular complexity index is 1170. The van der Waals surface area contributed by atoms with E-state index in [0.717, 1.165) is 17.9 Å². The van der Waals surface area contributed by atoms with Crippen molar-refractivity contribution in [3.8, 4) is 11.5 Å². The number of benzene rings is 2. The van der Waals surface area contributed by atoms with E-state index in [4.69, 9.17) is 39.5 Å². The molecule has 1 aromatic heterocycles. The molecule has 1 fully saturated rings. The summed E-state index contributed by atoms with van der Waals surface area (Å²) < 4.78 is 5.97. The Hall–Kier alpha value is -2.47. The molecule has 0 spiro atoms. The Balaban J connectivity index is 1.50. The van der Waals surface area contributed by atoms with Gasteiger partial charge in [0, 0.05) is 47.6 Å². The number of aromatic nitrogens is 1. The van der Waals surface area contributed by atoms with Crippen molar-refractivity contribution >= 4 is 52.1 Å². The first-order chi connectivity index (χ1) is 15.0. The Morgan fingerprint density at radius 1 is 0.935 bits per heavy atom. The van der Waals surface area contributed by atoms with Gasteiger partial charge in [-0.05, 0) is 49.2 Å². The van der Waals surface area contributed by atoms with Gasteiger partial charge in [0.15, 0.2) is 0 Å². The average Bonchev–Trinajstić information content (AvgIpc) is 3.60. The zero-order chi connectivity index (χ0) is 21.5. The molecule has 158 valence electrons. The predicted molar refractivity (Wildman–Crippen MR) is 124 cm³/mol. The normalized spacial score (nSPS) is 15.6. The van der Waals surface area contributed by atoms with Gasteiger partial charge in [-0.1, -0.05) is 34.8 Å². The Morgan fingerprint density at radius 2 is 1.71 bits per heavy atom. The average molecular weight is 475 g/mol. The van der Waals surface area contributed by atoms with Crippen molar-refractivity contribution in [1.29, 1.82) is 0 Å². The van der Waals surface area contributed by atoms with Crippen LogP contribution in [0.2, 0.25) is 15.1 Å². The summed E-state index contributed by atoms with van der Waals surface area (Å²) in [5.74, 6) is 0.546. The summed E-state index contributed by atoms with van der Waals surface area (Å²) in [6, 6.07) is 12.8. The van der Waals surface area contributed by atoms with Crippen LogP contribution in [0.3, 0.4) is 0 Å². The van der Waals surface area contributed by atoms with Crippen LogP contribution in [-0.4, -0.2) is 30.0 Å². The number of fused-ring (bicyclic) bond motifs is 1. The van der Waals surface area contributed by atoms with Crippen LogP contribution in [0.25, 0.3) is 0 Å². The lowest BCUT2D eigenvalue weighted by atomic mass is 10.1. The first kappa shape index (κ1) is 20.4. The molecule has 8 heteroatoms. The maximum absolute atomic E-state index is 13.6. The van der Waals surface area contributed by atoms with Gasteiger partial charge < -0.3 is 14.5 Å². The van der Waals surface area contributed by atoms with Crippen LogP contribution in [0.1, 0.15) is 23.2 Å². The minimum absolute atomic E-state index is 0.194. The van der Waals surface area contributed by atoms with E-state index in [-0.39, 0.29) is 5.91 Å². The number of hydrogen-bond donors (Lipinski definition) is 0. The zero-order valence-corrected chi connectivity index (χ0v) is 18.7. The molecular weight excluding hydrogens is 457 g/mol. The van der Waals surface area contributed by atoms with Gasteiger partial charge in [-0.2, -0.15) is 0 Å². The first-order valence-corrected chi connectivity index (χ1v) is 11.1. The highest BCUT2D eigenvalue weighted by molar-refractivity contribution is 6.34. The molecular formula is C23H18Cl3N3O2. The molecule has 2 aromatic carbocycles.